The van der Waals surface area contributed by atoms with E-state index in [0.29, 0.717) is 0 Å². The molecule has 0 bridgehead atoms. The second kappa shape index (κ2) is 5.07. The maximum atomic E-state index is 12.9. The van der Waals surface area contributed by atoms with Crippen molar-refractivity contribution >= 4 is 28.5 Å². The van der Waals surface area contributed by atoms with E-state index < -0.39 is 0 Å². The molecule has 0 radical (unpaired) electrons. The molecule has 1 N–H and O–H groups in total. The zero-order valence-corrected chi connectivity index (χ0v) is 11.6. The van der Waals surface area contributed by atoms with E-state index in [2.05, 4.69) is 27.7 Å². The third kappa shape index (κ3) is 2.15. The van der Waals surface area contributed by atoms with Crippen molar-refractivity contribution in [3.05, 3.63) is 77.6 Å². The number of hydrazone groups is 1. The average Bonchev–Trinajstić information content (AvgIpc) is 2.90. The minimum atomic E-state index is -0.257. The summed E-state index contributed by atoms with van der Waals surface area (Å²) in [6.07, 6.45) is 1.64. The molecule has 3 aromatic carbocycles. The van der Waals surface area contributed by atoms with E-state index in [-0.39, 0.29) is 5.82 Å². The first-order valence-corrected chi connectivity index (χ1v) is 6.97. The first-order chi connectivity index (χ1) is 10.8. The van der Waals surface area contributed by atoms with E-state index in [1.165, 1.54) is 12.1 Å². The molecular weight excluding hydrogens is 277 g/mol. The molecule has 0 atom stereocenters. The lowest BCUT2D eigenvalue weighted by Gasteiger charge is -2.02. The van der Waals surface area contributed by atoms with Gasteiger partial charge in [0.2, 0.25) is 0 Å². The molecule has 22 heavy (non-hydrogen) atoms. The molecule has 0 saturated heterocycles. The Morgan fingerprint density at radius 2 is 1.73 bits per heavy atom. The van der Waals surface area contributed by atoms with Gasteiger partial charge in [0.25, 0.3) is 0 Å². The van der Waals surface area contributed by atoms with Gasteiger partial charge in [0, 0.05) is 10.9 Å². The van der Waals surface area contributed by atoms with Crippen molar-refractivity contribution in [2.75, 3.05) is 0 Å². The Bertz CT molecular complexity index is 906. The minimum Gasteiger partial charge on any atom is -0.261 e. The summed E-state index contributed by atoms with van der Waals surface area (Å²) in [7, 11) is 0. The fourth-order valence-electron chi connectivity index (χ4n) is 2.59. The number of aliphatic imine (C=N–C) groups is 1. The number of benzene rings is 3. The molecule has 0 amide bonds. The standard InChI is InChI=1S/C18H12FN3/c19-14-9-7-12(8-10-14)11-20-22-18-15-5-1-3-13-4-2-6-16(21-18)17(13)15/h1-11H,(H,21,22)/b20-11+. The average molecular weight is 289 g/mol. The lowest BCUT2D eigenvalue weighted by atomic mass is 10.0. The van der Waals surface area contributed by atoms with Crippen molar-refractivity contribution in [1.29, 1.82) is 0 Å². The van der Waals surface area contributed by atoms with Gasteiger partial charge in [-0.2, -0.15) is 5.10 Å². The first-order valence-electron chi connectivity index (χ1n) is 6.97. The maximum absolute atomic E-state index is 12.9. The second-order valence-corrected chi connectivity index (χ2v) is 5.06. The van der Waals surface area contributed by atoms with Crippen LogP contribution in [0, 0.1) is 5.82 Å². The Morgan fingerprint density at radius 3 is 2.55 bits per heavy atom. The Hall–Kier alpha value is -3.01. The molecule has 1 heterocycles. The third-order valence-electron chi connectivity index (χ3n) is 3.62. The number of halogens is 1. The van der Waals surface area contributed by atoms with Crippen LogP contribution in [0.3, 0.4) is 0 Å². The van der Waals surface area contributed by atoms with Gasteiger partial charge in [-0.05, 0) is 29.1 Å². The van der Waals surface area contributed by atoms with Crippen LogP contribution in [0.2, 0.25) is 0 Å². The number of hydrogen-bond acceptors (Lipinski definition) is 3. The van der Waals surface area contributed by atoms with Gasteiger partial charge in [0.1, 0.15) is 5.82 Å². The van der Waals surface area contributed by atoms with Crippen molar-refractivity contribution in [1.82, 2.24) is 5.43 Å². The summed E-state index contributed by atoms with van der Waals surface area (Å²) in [5.41, 5.74) is 5.80. The van der Waals surface area contributed by atoms with Crippen molar-refractivity contribution in [2.45, 2.75) is 0 Å². The van der Waals surface area contributed by atoms with E-state index in [0.717, 1.165) is 33.4 Å². The van der Waals surface area contributed by atoms with Crippen molar-refractivity contribution in [2.24, 2.45) is 10.1 Å². The Kier molecular flexibility index (Phi) is 2.93. The summed E-state index contributed by atoms with van der Waals surface area (Å²) in [5, 5.41) is 6.50. The third-order valence-corrected chi connectivity index (χ3v) is 3.62. The number of rotatable bonds is 2. The van der Waals surface area contributed by atoms with Gasteiger partial charge in [0.15, 0.2) is 5.84 Å². The van der Waals surface area contributed by atoms with Crippen LogP contribution < -0.4 is 5.43 Å². The highest BCUT2D eigenvalue weighted by atomic mass is 19.1. The Morgan fingerprint density at radius 1 is 0.955 bits per heavy atom. The molecule has 106 valence electrons. The number of hydrogen-bond donors (Lipinski definition) is 1. The monoisotopic (exact) mass is 289 g/mol. The van der Waals surface area contributed by atoms with Crippen molar-refractivity contribution in [3.8, 4) is 0 Å². The summed E-state index contributed by atoms with van der Waals surface area (Å²) >= 11 is 0. The molecule has 4 rings (SSSR count). The van der Waals surface area contributed by atoms with E-state index in [4.69, 9.17) is 0 Å². The Balaban J connectivity index is 1.61. The summed E-state index contributed by atoms with van der Waals surface area (Å²) in [4.78, 5) is 4.57. The lowest BCUT2D eigenvalue weighted by molar-refractivity contribution is 0.628. The van der Waals surface area contributed by atoms with Crippen molar-refractivity contribution < 1.29 is 4.39 Å². The van der Waals surface area contributed by atoms with Gasteiger partial charge in [-0.3, -0.25) is 5.43 Å². The highest BCUT2D eigenvalue weighted by molar-refractivity contribution is 6.18. The fraction of sp³-hybridized carbons (Fsp3) is 0. The number of amidine groups is 1. The zero-order chi connectivity index (χ0) is 14.9. The van der Waals surface area contributed by atoms with E-state index in [1.54, 1.807) is 18.3 Å². The summed E-state index contributed by atoms with van der Waals surface area (Å²) in [5.74, 6) is 0.470. The minimum absolute atomic E-state index is 0.257. The van der Waals surface area contributed by atoms with Gasteiger partial charge >= 0.3 is 0 Å². The molecule has 1 aliphatic rings. The molecule has 0 saturated carbocycles. The fourth-order valence-corrected chi connectivity index (χ4v) is 2.59. The summed E-state index contributed by atoms with van der Waals surface area (Å²) in [6, 6.07) is 18.3. The molecular formula is C18H12FN3. The van der Waals surface area contributed by atoms with Crippen LogP contribution in [-0.4, -0.2) is 12.1 Å². The highest BCUT2D eigenvalue weighted by Gasteiger charge is 2.17. The van der Waals surface area contributed by atoms with E-state index >= 15 is 0 Å². The highest BCUT2D eigenvalue weighted by Crippen LogP contribution is 2.34. The molecule has 1 aliphatic heterocycles. The Labute approximate surface area is 126 Å². The normalized spacial score (nSPS) is 12.9. The van der Waals surface area contributed by atoms with E-state index in [1.807, 2.05) is 24.3 Å². The van der Waals surface area contributed by atoms with Gasteiger partial charge < -0.3 is 0 Å². The molecule has 3 aromatic rings. The van der Waals surface area contributed by atoms with Gasteiger partial charge in [-0.25, -0.2) is 9.38 Å². The topological polar surface area (TPSA) is 36.8 Å². The molecule has 4 heteroatoms. The molecule has 0 unspecified atom stereocenters. The van der Waals surface area contributed by atoms with E-state index in [9.17, 15) is 4.39 Å². The molecule has 0 fully saturated rings. The largest absolute Gasteiger partial charge is 0.261 e. The van der Waals surface area contributed by atoms with Crippen LogP contribution in [0.1, 0.15) is 11.1 Å². The zero-order valence-electron chi connectivity index (χ0n) is 11.6. The van der Waals surface area contributed by atoms with Crippen LogP contribution in [-0.2, 0) is 0 Å². The first kappa shape index (κ1) is 12.7. The van der Waals surface area contributed by atoms with Gasteiger partial charge in [0.05, 0.1) is 11.9 Å². The predicted molar refractivity (Wildman–Crippen MR) is 87.3 cm³/mol. The maximum Gasteiger partial charge on any atom is 0.154 e. The van der Waals surface area contributed by atoms with Crippen LogP contribution in [0.4, 0.5) is 10.1 Å². The number of nitrogens with one attached hydrogen (secondary N) is 1. The van der Waals surface area contributed by atoms with Crippen LogP contribution in [0.15, 0.2) is 70.8 Å². The lowest BCUT2D eigenvalue weighted by Crippen LogP contribution is -2.17. The second-order valence-electron chi connectivity index (χ2n) is 5.06. The molecule has 0 aliphatic carbocycles. The van der Waals surface area contributed by atoms with Crippen LogP contribution >= 0.6 is 0 Å². The summed E-state index contributed by atoms with van der Waals surface area (Å²) in [6.45, 7) is 0. The SMILES string of the molecule is Fc1ccc(/C=N/NC2=Nc3cccc4cccc2c34)cc1. The van der Waals surface area contributed by atoms with Crippen molar-refractivity contribution in [3.63, 3.8) is 0 Å². The quantitative estimate of drug-likeness (QED) is 0.562. The molecule has 3 nitrogen and oxygen atoms in total. The van der Waals surface area contributed by atoms with Gasteiger partial charge in [-0.1, -0.05) is 42.5 Å². The van der Waals surface area contributed by atoms with Gasteiger partial charge in [-0.15, -0.1) is 0 Å². The molecule has 0 aromatic heterocycles. The number of nitrogens with zero attached hydrogens (tertiary/aromatic N) is 2. The predicted octanol–water partition coefficient (Wildman–Crippen LogP) is 3.99. The molecule has 0 spiro atoms. The van der Waals surface area contributed by atoms with Crippen LogP contribution in [0.5, 0.6) is 0 Å². The van der Waals surface area contributed by atoms with Crippen LogP contribution in [0.25, 0.3) is 10.8 Å². The smallest absolute Gasteiger partial charge is 0.154 e. The summed E-state index contributed by atoms with van der Waals surface area (Å²) < 4.78 is 12.9.